The Hall–Kier alpha value is -2.74. The molecule has 192 valence electrons. The van der Waals surface area contributed by atoms with Crippen molar-refractivity contribution in [2.24, 2.45) is 0 Å². The van der Waals surface area contributed by atoms with Crippen LogP contribution in [0.4, 0.5) is 0 Å². The number of hydrogen-bond donors (Lipinski definition) is 0. The van der Waals surface area contributed by atoms with E-state index in [9.17, 15) is 0 Å². The number of fused-ring (bicyclic) bond motifs is 4. The van der Waals surface area contributed by atoms with Crippen LogP contribution >= 0.6 is 24.8 Å². The Bertz CT molecular complexity index is 1630. The van der Waals surface area contributed by atoms with Gasteiger partial charge in [-0.05, 0) is 0 Å². The van der Waals surface area contributed by atoms with Gasteiger partial charge in [-0.15, -0.1) is 105 Å². The predicted octanol–water partition coefficient (Wildman–Crippen LogP) is 8.76. The van der Waals surface area contributed by atoms with Crippen molar-refractivity contribution in [3.8, 4) is 0 Å². The van der Waals surface area contributed by atoms with E-state index in [0.717, 1.165) is 0 Å². The molecule has 0 aliphatic rings. The van der Waals surface area contributed by atoms with Gasteiger partial charge < -0.3 is 0 Å². The van der Waals surface area contributed by atoms with Crippen LogP contribution < -0.4 is 10.4 Å². The Labute approximate surface area is 258 Å². The van der Waals surface area contributed by atoms with Crippen molar-refractivity contribution in [3.63, 3.8) is 0 Å². The minimum atomic E-state index is -0.455. The molecule has 7 aromatic carbocycles. The van der Waals surface area contributed by atoms with Crippen molar-refractivity contribution in [2.75, 3.05) is 0 Å². The molecule has 0 bridgehead atoms. The molecule has 0 aromatic heterocycles. The molecule has 0 heterocycles. The van der Waals surface area contributed by atoms with Crippen LogP contribution in [0.2, 0.25) is 0 Å². The summed E-state index contributed by atoms with van der Waals surface area (Å²) in [5.41, 5.74) is 0.894. The van der Waals surface area contributed by atoms with Crippen LogP contribution in [-0.2, 0) is 23.3 Å². The fourth-order valence-corrected chi connectivity index (χ4v) is 8.43. The number of halogens is 2. The van der Waals surface area contributed by atoms with Gasteiger partial charge >= 0.3 is 99.8 Å². The topological polar surface area (TPSA) is 0 Å². The maximum atomic E-state index is 2.25. The molecule has 7 aromatic rings. The average Bonchev–Trinajstić information content (AvgIpc) is 3.54. The summed E-state index contributed by atoms with van der Waals surface area (Å²) in [7, 11) is 0. The van der Waals surface area contributed by atoms with Gasteiger partial charge in [0.1, 0.15) is 0 Å². The number of aryl methyl sites for hydroxylation is 1. The van der Waals surface area contributed by atoms with E-state index in [2.05, 4.69) is 159 Å². The molecule has 0 radical (unpaired) electrons. The van der Waals surface area contributed by atoms with E-state index in [4.69, 9.17) is 0 Å². The SMILES string of the molecule is Cc1cc2ccccc2[cH-]1.Cl.Cl.[Zr+2]=[Si](c1ccccc1)c1ccccc1.c1ccc2c(c1)[cH-]c1ccccc12. The van der Waals surface area contributed by atoms with Gasteiger partial charge in [0.15, 0.2) is 0 Å². The molecule has 0 fully saturated rings. The van der Waals surface area contributed by atoms with E-state index in [-0.39, 0.29) is 24.8 Å². The van der Waals surface area contributed by atoms with Crippen LogP contribution in [0, 0.1) is 6.92 Å². The average molecular weight is 641 g/mol. The quantitative estimate of drug-likeness (QED) is 0.131. The molecule has 0 unspecified atom stereocenters. The van der Waals surface area contributed by atoms with Crippen molar-refractivity contribution < 1.29 is 23.3 Å². The molecule has 0 aliphatic carbocycles. The van der Waals surface area contributed by atoms with Crippen molar-refractivity contribution in [1.82, 2.24) is 0 Å². The van der Waals surface area contributed by atoms with Crippen molar-refractivity contribution >= 4 is 72.9 Å². The summed E-state index contributed by atoms with van der Waals surface area (Å²) in [6.07, 6.45) is 0. The number of rotatable bonds is 2. The first-order valence-corrected chi connectivity index (χ1v) is 17.7. The van der Waals surface area contributed by atoms with Crippen LogP contribution in [0.5, 0.6) is 0 Å². The summed E-state index contributed by atoms with van der Waals surface area (Å²) in [6.45, 7) is 2.12. The van der Waals surface area contributed by atoms with Gasteiger partial charge in [-0.2, -0.15) is 6.07 Å². The fraction of sp³-hybridized carbons (Fsp3) is 0.0286. The van der Waals surface area contributed by atoms with Gasteiger partial charge in [-0.3, -0.25) is 0 Å². The van der Waals surface area contributed by atoms with E-state index in [0.29, 0.717) is 0 Å². The van der Waals surface area contributed by atoms with E-state index in [1.807, 2.05) is 0 Å². The molecule has 0 atom stereocenters. The Morgan fingerprint density at radius 1 is 0.487 bits per heavy atom. The first kappa shape index (κ1) is 30.8. The fourth-order valence-electron chi connectivity index (χ4n) is 4.59. The second kappa shape index (κ2) is 15.2. The molecular weight excluding hydrogens is 611 g/mol. The maximum Gasteiger partial charge on any atom is -0.0771 e. The zero-order valence-electron chi connectivity index (χ0n) is 21.8. The van der Waals surface area contributed by atoms with Crippen molar-refractivity contribution in [2.45, 2.75) is 6.92 Å². The van der Waals surface area contributed by atoms with Crippen molar-refractivity contribution in [1.29, 1.82) is 0 Å². The summed E-state index contributed by atoms with van der Waals surface area (Å²) >= 11 is 1.64. The smallest absolute Gasteiger partial charge is 0.0771 e. The molecule has 0 saturated carbocycles. The Balaban J connectivity index is 0.000000160. The zero-order chi connectivity index (χ0) is 25.5. The summed E-state index contributed by atoms with van der Waals surface area (Å²) in [5.74, 6) is 0. The molecule has 39 heavy (non-hydrogen) atoms. The summed E-state index contributed by atoms with van der Waals surface area (Å²) in [5, 5.41) is 11.1. The molecular formula is C35H30Cl2SiZr. The second-order valence-electron chi connectivity index (χ2n) is 9.09. The van der Waals surface area contributed by atoms with Crippen LogP contribution in [0.15, 0.2) is 152 Å². The Morgan fingerprint density at radius 2 is 0.897 bits per heavy atom. The van der Waals surface area contributed by atoms with Gasteiger partial charge in [0, 0.05) is 0 Å². The van der Waals surface area contributed by atoms with E-state index in [1.165, 1.54) is 48.3 Å². The van der Waals surface area contributed by atoms with Gasteiger partial charge in [0.05, 0.1) is 0 Å². The molecule has 0 nitrogen and oxygen atoms in total. The standard InChI is InChI=1S/C13H9.C12H10Si.C10H9.2ClH.Zr/c1-3-7-12-10(5-1)9-11-6-2-4-8-13(11)12;1-3-7-11(8-4-1)13-12-9-5-2-6-10-12;1-8-6-9-4-2-3-5-10(9)7-8;;;/h1-9H;1-10H;2-7H,1H3;2*1H;/q-1;;-1;;;+2. The first-order chi connectivity index (χ1) is 18.2. The molecule has 0 saturated heterocycles. The number of benzene rings is 5. The third kappa shape index (κ3) is 7.90. The minimum absolute atomic E-state index is 0. The van der Waals surface area contributed by atoms with Crippen LogP contribution in [0.3, 0.4) is 0 Å². The Kier molecular flexibility index (Phi) is 12.0. The molecule has 0 amide bonds. The maximum absolute atomic E-state index is 2.25. The summed E-state index contributed by atoms with van der Waals surface area (Å²) in [6, 6.07) is 53.8. The third-order valence-electron chi connectivity index (χ3n) is 6.41. The van der Waals surface area contributed by atoms with Crippen molar-refractivity contribution in [3.05, 3.63) is 157 Å². The van der Waals surface area contributed by atoms with Gasteiger partial charge in [0.25, 0.3) is 0 Å². The van der Waals surface area contributed by atoms with Gasteiger partial charge in [-0.25, -0.2) is 0 Å². The van der Waals surface area contributed by atoms with E-state index >= 15 is 0 Å². The zero-order valence-corrected chi connectivity index (χ0v) is 26.8. The monoisotopic (exact) mass is 638 g/mol. The minimum Gasteiger partial charge on any atom is -0.126 e. The molecule has 0 aliphatic heterocycles. The second-order valence-corrected chi connectivity index (χ2v) is 14.7. The van der Waals surface area contributed by atoms with Crippen LogP contribution in [0.1, 0.15) is 5.56 Å². The molecule has 7 rings (SSSR count). The van der Waals surface area contributed by atoms with Gasteiger partial charge in [-0.1, -0.05) is 49.4 Å². The Morgan fingerprint density at radius 3 is 1.38 bits per heavy atom. The summed E-state index contributed by atoms with van der Waals surface area (Å²) in [4.78, 5) is 0. The number of hydrogen-bond acceptors (Lipinski definition) is 0. The largest absolute Gasteiger partial charge is 0.126 e. The normalized spacial score (nSPS) is 9.92. The first-order valence-electron chi connectivity index (χ1n) is 12.5. The predicted molar refractivity (Wildman–Crippen MR) is 174 cm³/mol. The van der Waals surface area contributed by atoms with E-state index in [1.54, 1.807) is 23.3 Å². The third-order valence-corrected chi connectivity index (χ3v) is 12.5. The molecule has 4 heteroatoms. The van der Waals surface area contributed by atoms with E-state index < -0.39 is 5.43 Å². The van der Waals surface area contributed by atoms with Crippen LogP contribution in [0.25, 0.3) is 32.3 Å². The molecule has 0 spiro atoms. The summed E-state index contributed by atoms with van der Waals surface area (Å²) < 4.78 is 0. The van der Waals surface area contributed by atoms with Crippen LogP contribution in [-0.4, -0.2) is 5.43 Å². The van der Waals surface area contributed by atoms with Gasteiger partial charge in [0.2, 0.25) is 0 Å². The molecule has 0 N–H and O–H groups in total.